The molecule has 1 aliphatic heterocycles. The molecule has 2 heterocycles. The fraction of sp³-hybridized carbons (Fsp3) is 0.286. The van der Waals surface area contributed by atoms with Gasteiger partial charge >= 0.3 is 0 Å². The second kappa shape index (κ2) is 7.38. The predicted molar refractivity (Wildman–Crippen MR) is 107 cm³/mol. The van der Waals surface area contributed by atoms with Crippen molar-refractivity contribution >= 4 is 28.3 Å². The van der Waals surface area contributed by atoms with Gasteiger partial charge in [0.25, 0.3) is 0 Å². The zero-order chi connectivity index (χ0) is 17.1. The molecule has 4 heteroatoms. The van der Waals surface area contributed by atoms with Crippen LogP contribution in [0.1, 0.15) is 15.3 Å². The predicted octanol–water partition coefficient (Wildman–Crippen LogP) is 4.36. The van der Waals surface area contributed by atoms with Gasteiger partial charge in [-0.2, -0.15) is 5.10 Å². The van der Waals surface area contributed by atoms with Crippen LogP contribution in [-0.2, 0) is 6.54 Å². The fourth-order valence-corrected chi connectivity index (χ4v) is 4.09. The van der Waals surface area contributed by atoms with E-state index in [1.807, 2.05) is 6.21 Å². The van der Waals surface area contributed by atoms with E-state index in [-0.39, 0.29) is 0 Å². The number of hydrazone groups is 1. The third kappa shape index (κ3) is 3.91. The van der Waals surface area contributed by atoms with E-state index in [1.165, 1.54) is 26.1 Å². The van der Waals surface area contributed by atoms with Gasteiger partial charge in [0, 0.05) is 42.5 Å². The lowest BCUT2D eigenvalue weighted by Crippen LogP contribution is -2.43. The number of piperazine rings is 1. The normalized spacial score (nSPS) is 16.1. The molecule has 4 rings (SSSR count). The summed E-state index contributed by atoms with van der Waals surface area (Å²) in [6.07, 6.45) is 2.00. The molecule has 1 aliphatic rings. The number of hydrogen-bond donors (Lipinski definition) is 0. The molecule has 25 heavy (non-hydrogen) atoms. The van der Waals surface area contributed by atoms with Gasteiger partial charge in [-0.25, -0.2) is 0 Å². The minimum atomic E-state index is 0.992. The highest BCUT2D eigenvalue weighted by Crippen LogP contribution is 2.20. The van der Waals surface area contributed by atoms with Crippen LogP contribution in [0.2, 0.25) is 0 Å². The Bertz CT molecular complexity index is 870. The smallest absolute Gasteiger partial charge is 0.0642 e. The molecule has 0 atom stereocenters. The molecular formula is C21H23N3S. The summed E-state index contributed by atoms with van der Waals surface area (Å²) in [4.78, 5) is 5.10. The van der Waals surface area contributed by atoms with Crippen molar-refractivity contribution in [3.63, 3.8) is 0 Å². The topological polar surface area (TPSA) is 18.8 Å². The summed E-state index contributed by atoms with van der Waals surface area (Å²) in [5.41, 5.74) is 1.42. The van der Waals surface area contributed by atoms with Crippen LogP contribution in [-0.4, -0.2) is 42.3 Å². The van der Waals surface area contributed by atoms with Gasteiger partial charge < -0.3 is 0 Å². The Morgan fingerprint density at radius 3 is 2.56 bits per heavy atom. The summed E-state index contributed by atoms with van der Waals surface area (Å²) >= 11 is 1.79. The van der Waals surface area contributed by atoms with Crippen molar-refractivity contribution in [2.75, 3.05) is 26.2 Å². The summed E-state index contributed by atoms with van der Waals surface area (Å²) < 4.78 is 0. The van der Waals surface area contributed by atoms with E-state index in [4.69, 9.17) is 0 Å². The molecule has 0 unspecified atom stereocenters. The number of nitrogens with zero attached hydrogens (tertiary/aromatic N) is 3. The fourth-order valence-electron chi connectivity index (χ4n) is 3.34. The first-order chi connectivity index (χ1) is 12.3. The second-order valence-corrected chi connectivity index (χ2v) is 7.88. The molecule has 0 spiro atoms. The van der Waals surface area contributed by atoms with E-state index in [2.05, 4.69) is 76.5 Å². The van der Waals surface area contributed by atoms with Gasteiger partial charge in [-0.05, 0) is 35.4 Å². The van der Waals surface area contributed by atoms with Crippen molar-refractivity contribution in [2.24, 2.45) is 5.10 Å². The molecule has 3 aromatic rings. The second-order valence-electron chi connectivity index (χ2n) is 6.56. The zero-order valence-electron chi connectivity index (χ0n) is 14.6. The maximum atomic E-state index is 4.65. The maximum absolute atomic E-state index is 4.65. The zero-order valence-corrected chi connectivity index (χ0v) is 15.4. The summed E-state index contributed by atoms with van der Waals surface area (Å²) in [5, 5.41) is 9.54. The molecule has 3 nitrogen and oxygen atoms in total. The number of benzene rings is 2. The van der Waals surface area contributed by atoms with Gasteiger partial charge in [0.2, 0.25) is 0 Å². The molecule has 0 N–H and O–H groups in total. The van der Waals surface area contributed by atoms with Crippen molar-refractivity contribution in [1.82, 2.24) is 9.91 Å². The molecule has 1 aromatic heterocycles. The Balaban J connectivity index is 1.36. The van der Waals surface area contributed by atoms with Gasteiger partial charge in [-0.15, -0.1) is 11.3 Å². The molecule has 0 bridgehead atoms. The Morgan fingerprint density at radius 1 is 0.960 bits per heavy atom. The van der Waals surface area contributed by atoms with E-state index in [9.17, 15) is 0 Å². The average molecular weight is 350 g/mol. The molecule has 0 saturated carbocycles. The van der Waals surface area contributed by atoms with E-state index in [0.717, 1.165) is 32.7 Å². The van der Waals surface area contributed by atoms with Crippen LogP contribution < -0.4 is 0 Å². The molecule has 1 saturated heterocycles. The lowest BCUT2D eigenvalue weighted by molar-refractivity contribution is 0.131. The number of thiophene rings is 1. The molecule has 0 amide bonds. The number of rotatable bonds is 4. The molecule has 128 valence electrons. The van der Waals surface area contributed by atoms with Crippen molar-refractivity contribution in [1.29, 1.82) is 0 Å². The average Bonchev–Trinajstić information content (AvgIpc) is 3.07. The summed E-state index contributed by atoms with van der Waals surface area (Å²) in [6.45, 7) is 7.25. The van der Waals surface area contributed by atoms with Gasteiger partial charge in [-0.3, -0.25) is 9.91 Å². The summed E-state index contributed by atoms with van der Waals surface area (Å²) in [5.74, 6) is 0. The van der Waals surface area contributed by atoms with Crippen molar-refractivity contribution in [3.05, 3.63) is 69.9 Å². The van der Waals surface area contributed by atoms with Gasteiger partial charge in [-0.1, -0.05) is 42.5 Å². The monoisotopic (exact) mass is 349 g/mol. The minimum absolute atomic E-state index is 0.992. The van der Waals surface area contributed by atoms with Crippen LogP contribution in [0, 0.1) is 6.92 Å². The van der Waals surface area contributed by atoms with Crippen LogP contribution in [0.5, 0.6) is 0 Å². The van der Waals surface area contributed by atoms with E-state index in [1.54, 1.807) is 11.3 Å². The highest BCUT2D eigenvalue weighted by molar-refractivity contribution is 7.13. The van der Waals surface area contributed by atoms with Crippen molar-refractivity contribution in [2.45, 2.75) is 13.5 Å². The van der Waals surface area contributed by atoms with Gasteiger partial charge in [0.05, 0.1) is 6.21 Å². The van der Waals surface area contributed by atoms with Crippen molar-refractivity contribution in [3.8, 4) is 0 Å². The Kier molecular flexibility index (Phi) is 4.81. The summed E-state index contributed by atoms with van der Waals surface area (Å²) in [6, 6.07) is 19.6. The number of hydrogen-bond acceptors (Lipinski definition) is 4. The molecule has 1 fully saturated rings. The standard InChI is InChI=1S/C21H23N3S/c1-17-9-10-20(25-17)15-22-24-13-11-23(12-14-24)16-19-7-4-6-18-5-2-3-8-21(18)19/h2-10,15H,11-14,16H2,1H3/b22-15+. The van der Waals surface area contributed by atoms with Crippen LogP contribution in [0.4, 0.5) is 0 Å². The molecule has 0 aliphatic carbocycles. The number of aryl methyl sites for hydroxylation is 1. The van der Waals surface area contributed by atoms with Gasteiger partial charge in [0.15, 0.2) is 0 Å². The van der Waals surface area contributed by atoms with Crippen LogP contribution in [0.25, 0.3) is 10.8 Å². The molecular weight excluding hydrogens is 326 g/mol. The largest absolute Gasteiger partial charge is 0.295 e. The lowest BCUT2D eigenvalue weighted by atomic mass is 10.0. The minimum Gasteiger partial charge on any atom is -0.295 e. The first-order valence-electron chi connectivity index (χ1n) is 8.82. The quantitative estimate of drug-likeness (QED) is 0.652. The highest BCUT2D eigenvalue weighted by Gasteiger charge is 2.16. The summed E-state index contributed by atoms with van der Waals surface area (Å²) in [7, 11) is 0. The van der Waals surface area contributed by atoms with E-state index >= 15 is 0 Å². The number of fused-ring (bicyclic) bond motifs is 1. The van der Waals surface area contributed by atoms with Gasteiger partial charge in [0.1, 0.15) is 0 Å². The van der Waals surface area contributed by atoms with E-state index < -0.39 is 0 Å². The SMILES string of the molecule is Cc1ccc(/C=N/N2CCN(Cc3cccc4ccccc34)CC2)s1. The molecule has 2 aromatic carbocycles. The Hall–Kier alpha value is -2.17. The van der Waals surface area contributed by atoms with Crippen LogP contribution in [0.15, 0.2) is 59.7 Å². The van der Waals surface area contributed by atoms with E-state index in [0.29, 0.717) is 0 Å². The first-order valence-corrected chi connectivity index (χ1v) is 9.64. The van der Waals surface area contributed by atoms with Crippen LogP contribution >= 0.6 is 11.3 Å². The lowest BCUT2D eigenvalue weighted by Gasteiger charge is -2.33. The Labute approximate surface area is 153 Å². The highest BCUT2D eigenvalue weighted by atomic mass is 32.1. The van der Waals surface area contributed by atoms with Crippen molar-refractivity contribution < 1.29 is 0 Å². The first kappa shape index (κ1) is 16.3. The third-order valence-corrected chi connectivity index (χ3v) is 5.67. The Morgan fingerprint density at radius 2 is 1.76 bits per heavy atom. The third-order valence-electron chi connectivity index (χ3n) is 4.73. The maximum Gasteiger partial charge on any atom is 0.0642 e. The van der Waals surface area contributed by atoms with Crippen LogP contribution in [0.3, 0.4) is 0 Å². The molecule has 0 radical (unpaired) electrons.